The lowest BCUT2D eigenvalue weighted by atomic mass is 9.93. The van der Waals surface area contributed by atoms with Gasteiger partial charge in [-0.05, 0) is 30.5 Å². The lowest BCUT2D eigenvalue weighted by molar-refractivity contribution is 0.112. The quantitative estimate of drug-likeness (QED) is 0.856. The van der Waals surface area contributed by atoms with Gasteiger partial charge in [0.1, 0.15) is 0 Å². The molecule has 102 valence electrons. The van der Waals surface area contributed by atoms with E-state index in [1.54, 1.807) is 42.9 Å². The zero-order valence-corrected chi connectivity index (χ0v) is 11.0. The summed E-state index contributed by atoms with van der Waals surface area (Å²) in [5.74, 6) is 0. The Labute approximate surface area is 121 Å². The lowest BCUT2D eigenvalue weighted by Gasteiger charge is -2.35. The molecule has 0 radical (unpaired) electrons. The number of carbonyl (C=O) groups is 1. The number of nitrogens with one attached hydrogen (secondary N) is 1. The predicted octanol–water partition coefficient (Wildman–Crippen LogP) is 1.36. The first kappa shape index (κ1) is 12.8. The lowest BCUT2D eigenvalue weighted by Crippen LogP contribution is -2.49. The van der Waals surface area contributed by atoms with Gasteiger partial charge in [0, 0.05) is 12.4 Å². The van der Waals surface area contributed by atoms with Crippen LogP contribution < -0.4 is 5.32 Å². The topological polar surface area (TPSA) is 83.6 Å². The Morgan fingerprint density at radius 3 is 3.00 bits per heavy atom. The smallest absolute Gasteiger partial charge is 0.210 e. The van der Waals surface area contributed by atoms with Crippen molar-refractivity contribution in [2.24, 2.45) is 0 Å². The first-order chi connectivity index (χ1) is 10.3. The van der Waals surface area contributed by atoms with Gasteiger partial charge in [-0.15, -0.1) is 0 Å². The second-order valence-electron chi connectivity index (χ2n) is 4.46. The third-order valence-corrected chi connectivity index (χ3v) is 3.28. The number of rotatable bonds is 3. The summed E-state index contributed by atoms with van der Waals surface area (Å²) in [6, 6.07) is 7.62. The number of nitriles is 1. The molecule has 1 aliphatic heterocycles. The molecular formula is C15H11N5O. The number of allylic oxidation sites excluding steroid dienone is 2. The predicted molar refractivity (Wildman–Crippen MR) is 74.9 cm³/mol. The number of hydrogen-bond acceptors (Lipinski definition) is 5. The standard InChI is InChI=1S/C15H11N5O/c16-8-13-4-3-7-18-15(13,14-5-1-2-6-17-14)20-10-12(11-21)9-19-20/h1-7,9-11,18H. The molecule has 0 aromatic carbocycles. The van der Waals surface area contributed by atoms with Gasteiger partial charge >= 0.3 is 0 Å². The minimum Gasteiger partial charge on any atom is -0.358 e. The van der Waals surface area contributed by atoms with Gasteiger partial charge in [0.05, 0.1) is 29.1 Å². The Bertz CT molecular complexity index is 769. The van der Waals surface area contributed by atoms with Crippen molar-refractivity contribution in [3.05, 3.63) is 72.0 Å². The van der Waals surface area contributed by atoms with Gasteiger partial charge in [-0.3, -0.25) is 9.78 Å². The highest BCUT2D eigenvalue weighted by atomic mass is 16.1. The van der Waals surface area contributed by atoms with E-state index < -0.39 is 5.66 Å². The van der Waals surface area contributed by atoms with E-state index in [0.29, 0.717) is 23.1 Å². The van der Waals surface area contributed by atoms with Crippen molar-refractivity contribution >= 4 is 6.29 Å². The molecule has 0 saturated carbocycles. The van der Waals surface area contributed by atoms with Crippen LogP contribution in [-0.2, 0) is 5.66 Å². The Morgan fingerprint density at radius 2 is 2.33 bits per heavy atom. The first-order valence-electron chi connectivity index (χ1n) is 6.28. The molecule has 2 aromatic heterocycles. The summed E-state index contributed by atoms with van der Waals surface area (Å²) in [6.45, 7) is 0. The van der Waals surface area contributed by atoms with Gasteiger partial charge in [0.25, 0.3) is 0 Å². The molecule has 1 atom stereocenters. The Hall–Kier alpha value is -3.20. The average molecular weight is 277 g/mol. The van der Waals surface area contributed by atoms with E-state index in [4.69, 9.17) is 0 Å². The van der Waals surface area contributed by atoms with Gasteiger partial charge in [-0.25, -0.2) is 4.68 Å². The van der Waals surface area contributed by atoms with Crippen LogP contribution in [0.25, 0.3) is 0 Å². The third-order valence-electron chi connectivity index (χ3n) is 3.28. The van der Waals surface area contributed by atoms with Crippen LogP contribution in [0.2, 0.25) is 0 Å². The first-order valence-corrected chi connectivity index (χ1v) is 6.28. The molecule has 0 bridgehead atoms. The summed E-state index contributed by atoms with van der Waals surface area (Å²) in [7, 11) is 0. The van der Waals surface area contributed by atoms with Crippen molar-refractivity contribution < 1.29 is 4.79 Å². The van der Waals surface area contributed by atoms with E-state index in [9.17, 15) is 10.1 Å². The van der Waals surface area contributed by atoms with Crippen LogP contribution in [0.4, 0.5) is 0 Å². The maximum Gasteiger partial charge on any atom is 0.210 e. The molecule has 0 spiro atoms. The molecule has 6 heteroatoms. The molecule has 0 fully saturated rings. The summed E-state index contributed by atoms with van der Waals surface area (Å²) < 4.78 is 1.54. The van der Waals surface area contributed by atoms with E-state index in [2.05, 4.69) is 21.5 Å². The molecule has 6 nitrogen and oxygen atoms in total. The van der Waals surface area contributed by atoms with Gasteiger partial charge in [0.2, 0.25) is 5.66 Å². The molecule has 1 N–H and O–H groups in total. The summed E-state index contributed by atoms with van der Waals surface area (Å²) >= 11 is 0. The molecule has 1 unspecified atom stereocenters. The fourth-order valence-electron chi connectivity index (χ4n) is 2.31. The SMILES string of the molecule is N#CC1=CC=CNC1(c1ccccn1)n1cc(C=O)cn1. The van der Waals surface area contributed by atoms with Gasteiger partial charge < -0.3 is 5.32 Å². The largest absolute Gasteiger partial charge is 0.358 e. The van der Waals surface area contributed by atoms with E-state index >= 15 is 0 Å². The van der Waals surface area contributed by atoms with Gasteiger partial charge in [-0.2, -0.15) is 10.4 Å². The van der Waals surface area contributed by atoms with Gasteiger partial charge in [-0.1, -0.05) is 6.07 Å². The van der Waals surface area contributed by atoms with Crippen molar-refractivity contribution in [1.29, 1.82) is 5.26 Å². The number of pyridine rings is 1. The highest BCUT2D eigenvalue weighted by Crippen LogP contribution is 2.31. The van der Waals surface area contributed by atoms with E-state index in [0.717, 1.165) is 0 Å². The maximum absolute atomic E-state index is 10.9. The van der Waals surface area contributed by atoms with Crippen LogP contribution in [0.1, 0.15) is 16.1 Å². The summed E-state index contributed by atoms with van der Waals surface area (Å²) in [5, 5.41) is 16.9. The third kappa shape index (κ3) is 1.92. The van der Waals surface area contributed by atoms with E-state index in [1.165, 1.54) is 10.9 Å². The molecule has 0 amide bonds. The fourth-order valence-corrected chi connectivity index (χ4v) is 2.31. The Morgan fingerprint density at radius 1 is 1.43 bits per heavy atom. The number of carbonyl (C=O) groups excluding carboxylic acids is 1. The second-order valence-corrected chi connectivity index (χ2v) is 4.46. The molecule has 3 rings (SSSR count). The van der Waals surface area contributed by atoms with Crippen LogP contribution in [0.5, 0.6) is 0 Å². The highest BCUT2D eigenvalue weighted by Gasteiger charge is 2.41. The number of dihydropyridines is 1. The van der Waals surface area contributed by atoms with Crippen molar-refractivity contribution in [2.45, 2.75) is 5.66 Å². The number of aromatic nitrogens is 3. The van der Waals surface area contributed by atoms with Crippen LogP contribution in [0.3, 0.4) is 0 Å². The van der Waals surface area contributed by atoms with Gasteiger partial charge in [0.15, 0.2) is 6.29 Å². The molecular weight excluding hydrogens is 266 g/mol. The Kier molecular flexibility index (Phi) is 3.09. The minimum atomic E-state index is -1.05. The number of aldehydes is 1. The highest BCUT2D eigenvalue weighted by molar-refractivity contribution is 5.73. The van der Waals surface area contributed by atoms with Crippen molar-refractivity contribution in [2.75, 3.05) is 0 Å². The summed E-state index contributed by atoms with van der Waals surface area (Å²) in [4.78, 5) is 15.3. The van der Waals surface area contributed by atoms with Crippen molar-refractivity contribution in [1.82, 2.24) is 20.1 Å². The maximum atomic E-state index is 10.9. The summed E-state index contributed by atoms with van der Waals surface area (Å²) in [5.41, 5.74) is 0.428. The van der Waals surface area contributed by atoms with E-state index in [1.807, 2.05) is 6.07 Å². The molecule has 0 aliphatic carbocycles. The van der Waals surface area contributed by atoms with Crippen LogP contribution in [-0.4, -0.2) is 21.1 Å². The van der Waals surface area contributed by atoms with Crippen LogP contribution in [0, 0.1) is 11.3 Å². The molecule has 1 aliphatic rings. The van der Waals surface area contributed by atoms with Crippen LogP contribution in [0.15, 0.2) is 60.7 Å². The molecule has 2 aromatic rings. The number of hydrogen-bond donors (Lipinski definition) is 1. The van der Waals surface area contributed by atoms with E-state index in [-0.39, 0.29) is 0 Å². The van der Waals surface area contributed by atoms with Crippen molar-refractivity contribution in [3.63, 3.8) is 0 Å². The Balaban J connectivity index is 2.26. The summed E-state index contributed by atoms with van der Waals surface area (Å²) in [6.07, 6.45) is 10.6. The zero-order chi connectivity index (χ0) is 14.7. The fraction of sp³-hybridized carbons (Fsp3) is 0.0667. The molecule has 0 saturated heterocycles. The van der Waals surface area contributed by atoms with Crippen LogP contribution >= 0.6 is 0 Å². The average Bonchev–Trinajstić information content (AvgIpc) is 3.05. The number of nitrogens with zero attached hydrogens (tertiary/aromatic N) is 4. The molecule has 3 heterocycles. The minimum absolute atomic E-state index is 0.430. The second kappa shape index (κ2) is 5.06. The normalized spacial score (nSPS) is 20.2. The monoisotopic (exact) mass is 277 g/mol. The zero-order valence-electron chi connectivity index (χ0n) is 11.0. The molecule has 21 heavy (non-hydrogen) atoms. The van der Waals surface area contributed by atoms with Crippen molar-refractivity contribution in [3.8, 4) is 6.07 Å².